The molecule has 2 aromatic rings. The van der Waals surface area contributed by atoms with Crippen molar-refractivity contribution in [1.29, 1.82) is 0 Å². The van der Waals surface area contributed by atoms with Gasteiger partial charge in [0.2, 0.25) is 5.91 Å². The minimum absolute atomic E-state index is 0.0143. The highest BCUT2D eigenvalue weighted by atomic mass is 19.3. The minimum atomic E-state index is -2.86. The third-order valence-corrected chi connectivity index (χ3v) is 7.53. The number of Topliss-reactive ketones (excluding diaryl/α,β-unsaturated/α-hetero) is 1. The van der Waals surface area contributed by atoms with Crippen LogP contribution in [0.25, 0.3) is 0 Å². The van der Waals surface area contributed by atoms with Crippen LogP contribution >= 0.6 is 0 Å². The molecule has 0 radical (unpaired) electrons. The van der Waals surface area contributed by atoms with Gasteiger partial charge in [-0.15, -0.1) is 0 Å². The van der Waals surface area contributed by atoms with Crippen molar-refractivity contribution >= 4 is 11.7 Å². The Morgan fingerprint density at radius 2 is 1.83 bits per heavy atom. The first kappa shape index (κ1) is 26.9. The molecule has 7 heteroatoms. The van der Waals surface area contributed by atoms with Gasteiger partial charge in [0.05, 0.1) is 0 Å². The number of pyridine rings is 1. The van der Waals surface area contributed by atoms with Crippen molar-refractivity contribution < 1.29 is 18.4 Å². The van der Waals surface area contributed by atoms with Crippen LogP contribution in [0, 0.1) is 12.3 Å². The lowest BCUT2D eigenvalue weighted by Crippen LogP contribution is -2.43. The van der Waals surface area contributed by atoms with E-state index in [4.69, 9.17) is 0 Å². The Bertz CT molecular complexity index is 1030. The first-order chi connectivity index (χ1) is 16.5. The lowest BCUT2D eigenvalue weighted by atomic mass is 9.77. The maximum Gasteiger partial charge on any atom is 0.251 e. The molecule has 1 aromatic carbocycles. The normalized spacial score (nSPS) is 16.6. The fourth-order valence-electron chi connectivity index (χ4n) is 4.94. The first-order valence-electron chi connectivity index (χ1n) is 12.3. The van der Waals surface area contributed by atoms with Gasteiger partial charge in [-0.2, -0.15) is 0 Å². The quantitative estimate of drug-likeness (QED) is 0.421. The molecule has 2 atom stereocenters. The first-order valence-corrected chi connectivity index (χ1v) is 12.3. The van der Waals surface area contributed by atoms with Crippen molar-refractivity contribution in [3.63, 3.8) is 0 Å². The van der Waals surface area contributed by atoms with Crippen LogP contribution in [-0.2, 0) is 11.2 Å². The zero-order valence-corrected chi connectivity index (χ0v) is 21.4. The van der Waals surface area contributed by atoms with E-state index in [2.05, 4.69) is 10.3 Å². The molecule has 5 nitrogen and oxygen atoms in total. The number of carbonyl (C=O) groups excluding carboxylic acids is 2. The lowest BCUT2D eigenvalue weighted by Gasteiger charge is -2.32. The SMILES string of the molecule is CCC(=O)c1ccc(C[C@@H](CNC(=O)CC(c2ccncc2)C2(C(C)(F)F)CC2)N(C)C)c(C)c1. The van der Waals surface area contributed by atoms with E-state index < -0.39 is 17.3 Å². The molecule has 1 amide bonds. The number of carbonyl (C=O) groups is 2. The predicted molar refractivity (Wildman–Crippen MR) is 134 cm³/mol. The molecule has 1 heterocycles. The maximum absolute atomic E-state index is 14.6. The number of halogens is 2. The molecule has 1 fully saturated rings. The van der Waals surface area contributed by atoms with Crippen molar-refractivity contribution in [3.8, 4) is 0 Å². The van der Waals surface area contributed by atoms with Crippen LogP contribution in [0.2, 0.25) is 0 Å². The van der Waals surface area contributed by atoms with Crippen molar-refractivity contribution in [1.82, 2.24) is 15.2 Å². The number of aromatic nitrogens is 1. The van der Waals surface area contributed by atoms with E-state index in [1.54, 1.807) is 24.5 Å². The molecule has 1 aliphatic carbocycles. The fourth-order valence-corrected chi connectivity index (χ4v) is 4.94. The van der Waals surface area contributed by atoms with Crippen molar-refractivity contribution in [2.24, 2.45) is 5.41 Å². The molecule has 1 saturated carbocycles. The van der Waals surface area contributed by atoms with E-state index in [1.165, 1.54) is 0 Å². The Hall–Kier alpha value is -2.67. The molecule has 3 rings (SSSR count). The Balaban J connectivity index is 1.68. The van der Waals surface area contributed by atoms with Gasteiger partial charge in [-0.3, -0.25) is 14.6 Å². The highest BCUT2D eigenvalue weighted by molar-refractivity contribution is 5.96. The average molecular weight is 486 g/mol. The van der Waals surface area contributed by atoms with Gasteiger partial charge in [-0.05, 0) is 82.1 Å². The molecule has 1 unspecified atom stereocenters. The molecule has 1 aromatic heterocycles. The number of nitrogens with zero attached hydrogens (tertiary/aromatic N) is 2. The summed E-state index contributed by atoms with van der Waals surface area (Å²) in [5.41, 5.74) is 2.42. The average Bonchev–Trinajstić information content (AvgIpc) is 3.63. The van der Waals surface area contributed by atoms with E-state index in [9.17, 15) is 18.4 Å². The molecule has 0 spiro atoms. The molecular weight excluding hydrogens is 448 g/mol. The van der Waals surface area contributed by atoms with Gasteiger partial charge in [-0.25, -0.2) is 8.78 Å². The second-order valence-corrected chi connectivity index (χ2v) is 10.1. The van der Waals surface area contributed by atoms with Gasteiger partial charge in [0.1, 0.15) is 0 Å². The number of rotatable bonds is 12. The molecule has 190 valence electrons. The predicted octanol–water partition coefficient (Wildman–Crippen LogP) is 5.18. The molecule has 0 bridgehead atoms. The topological polar surface area (TPSA) is 62.3 Å². The van der Waals surface area contributed by atoms with Crippen LogP contribution < -0.4 is 5.32 Å². The van der Waals surface area contributed by atoms with E-state index in [-0.39, 0.29) is 24.2 Å². The number of likely N-dealkylation sites (N-methyl/N-ethyl adjacent to an activating group) is 1. The zero-order valence-electron chi connectivity index (χ0n) is 21.4. The zero-order chi connectivity index (χ0) is 25.8. The van der Waals surface area contributed by atoms with E-state index in [0.29, 0.717) is 37.8 Å². The van der Waals surface area contributed by atoms with Gasteiger partial charge in [0, 0.05) is 54.7 Å². The summed E-state index contributed by atoms with van der Waals surface area (Å²) >= 11 is 0. The number of alkyl halides is 2. The number of nitrogens with one attached hydrogen (secondary N) is 1. The maximum atomic E-state index is 14.6. The molecule has 0 aliphatic heterocycles. The Kier molecular flexibility index (Phi) is 8.42. The van der Waals surface area contributed by atoms with Gasteiger partial charge in [0.15, 0.2) is 5.78 Å². The van der Waals surface area contributed by atoms with E-state index in [1.807, 2.05) is 51.0 Å². The minimum Gasteiger partial charge on any atom is -0.355 e. The van der Waals surface area contributed by atoms with Crippen molar-refractivity contribution in [2.45, 2.75) is 70.8 Å². The molecule has 0 saturated heterocycles. The van der Waals surface area contributed by atoms with Gasteiger partial charge in [0.25, 0.3) is 5.92 Å². The fraction of sp³-hybridized carbons (Fsp3) is 0.536. The highest BCUT2D eigenvalue weighted by Gasteiger charge is 2.63. The number of hydrogen-bond acceptors (Lipinski definition) is 4. The van der Waals surface area contributed by atoms with E-state index >= 15 is 0 Å². The summed E-state index contributed by atoms with van der Waals surface area (Å²) < 4.78 is 29.1. The molecule has 35 heavy (non-hydrogen) atoms. The Morgan fingerprint density at radius 3 is 2.34 bits per heavy atom. The molecule has 1 aliphatic rings. The van der Waals surface area contributed by atoms with Crippen LogP contribution in [-0.4, -0.2) is 54.2 Å². The van der Waals surface area contributed by atoms with Crippen LogP contribution in [0.5, 0.6) is 0 Å². The number of benzene rings is 1. The Labute approximate surface area is 207 Å². The van der Waals surface area contributed by atoms with E-state index in [0.717, 1.165) is 23.6 Å². The summed E-state index contributed by atoms with van der Waals surface area (Å²) in [4.78, 5) is 31.1. The summed E-state index contributed by atoms with van der Waals surface area (Å²) in [5.74, 6) is -3.54. The van der Waals surface area contributed by atoms with Crippen LogP contribution in [0.3, 0.4) is 0 Å². The monoisotopic (exact) mass is 485 g/mol. The van der Waals surface area contributed by atoms with Crippen LogP contribution in [0.4, 0.5) is 8.78 Å². The van der Waals surface area contributed by atoms with Crippen molar-refractivity contribution in [2.75, 3.05) is 20.6 Å². The second-order valence-electron chi connectivity index (χ2n) is 10.1. The Morgan fingerprint density at radius 1 is 1.17 bits per heavy atom. The number of ketones is 1. The molecule has 1 N–H and O–H groups in total. The summed E-state index contributed by atoms with van der Waals surface area (Å²) in [6, 6.07) is 9.26. The van der Waals surface area contributed by atoms with Gasteiger partial charge < -0.3 is 10.2 Å². The van der Waals surface area contributed by atoms with Gasteiger partial charge in [-0.1, -0.05) is 19.1 Å². The smallest absolute Gasteiger partial charge is 0.251 e. The van der Waals surface area contributed by atoms with Crippen molar-refractivity contribution in [3.05, 3.63) is 65.0 Å². The standard InChI is InChI=1S/C28H37F2N3O2/c1-6-25(34)22-8-7-21(19(2)15-22)16-23(33(4)5)18-32-26(35)17-24(20-9-13-31-14-10-20)28(11-12-28)27(3,29)30/h7-10,13-15,23-24H,6,11-12,16-18H2,1-5H3,(H,32,35)/t23-,24?/m0/s1. The van der Waals surface area contributed by atoms with Gasteiger partial charge >= 0.3 is 0 Å². The summed E-state index contributed by atoms with van der Waals surface area (Å²) in [5, 5.41) is 3.00. The van der Waals surface area contributed by atoms with Crippen LogP contribution in [0.1, 0.15) is 72.5 Å². The lowest BCUT2D eigenvalue weighted by molar-refractivity contribution is -0.123. The number of aryl methyl sites for hydroxylation is 1. The highest BCUT2D eigenvalue weighted by Crippen LogP contribution is 2.65. The third-order valence-electron chi connectivity index (χ3n) is 7.53. The van der Waals surface area contributed by atoms with Crippen LogP contribution in [0.15, 0.2) is 42.7 Å². The summed E-state index contributed by atoms with van der Waals surface area (Å²) in [6.45, 7) is 5.21. The largest absolute Gasteiger partial charge is 0.355 e. The summed E-state index contributed by atoms with van der Waals surface area (Å²) in [6.07, 6.45) is 5.18. The summed E-state index contributed by atoms with van der Waals surface area (Å²) in [7, 11) is 3.91. The second kappa shape index (κ2) is 10.9. The third kappa shape index (κ3) is 6.31. The number of amides is 1. The molecular formula is C28H37F2N3O2. The number of hydrogen-bond donors (Lipinski definition) is 1.